The van der Waals surface area contributed by atoms with E-state index in [9.17, 15) is 5.11 Å². The molecule has 0 amide bonds. The molecule has 1 unspecified atom stereocenters. The highest BCUT2D eigenvalue weighted by Gasteiger charge is 2.39. The first-order valence-corrected chi connectivity index (χ1v) is 8.77. The molecule has 1 N–H and O–H groups in total. The van der Waals surface area contributed by atoms with Gasteiger partial charge in [-0.05, 0) is 34.9 Å². The van der Waals surface area contributed by atoms with Crippen LogP contribution in [0.5, 0.6) is 0 Å². The van der Waals surface area contributed by atoms with Crippen molar-refractivity contribution < 1.29 is 5.11 Å². The first kappa shape index (κ1) is 16.8. The van der Waals surface area contributed by atoms with Crippen molar-refractivity contribution in [1.29, 1.82) is 0 Å². The molecule has 0 heterocycles. The molecular weight excluding hydrogens is 395 g/mol. The summed E-state index contributed by atoms with van der Waals surface area (Å²) >= 11 is 16.0. The Morgan fingerprint density at radius 1 is 0.957 bits per heavy atom. The summed E-state index contributed by atoms with van der Waals surface area (Å²) in [6.07, 6.45) is 5.77. The molecule has 4 heteroatoms. The van der Waals surface area contributed by atoms with Gasteiger partial charge in [0.15, 0.2) is 0 Å². The summed E-state index contributed by atoms with van der Waals surface area (Å²) in [6, 6.07) is 17.2. The van der Waals surface area contributed by atoms with Crippen molar-refractivity contribution >= 4 is 39.1 Å². The van der Waals surface area contributed by atoms with E-state index >= 15 is 0 Å². The number of alkyl halides is 2. The Bertz CT molecular complexity index is 751. The Balaban J connectivity index is 2.17. The van der Waals surface area contributed by atoms with Crippen LogP contribution < -0.4 is 0 Å². The van der Waals surface area contributed by atoms with E-state index < -0.39 is 9.93 Å². The molecule has 0 saturated heterocycles. The third kappa shape index (κ3) is 3.41. The van der Waals surface area contributed by atoms with Gasteiger partial charge in [0.05, 0.1) is 0 Å². The van der Waals surface area contributed by atoms with Crippen LogP contribution >= 0.6 is 39.1 Å². The molecule has 1 nitrogen and oxygen atoms in total. The van der Waals surface area contributed by atoms with Gasteiger partial charge >= 0.3 is 0 Å². The summed E-state index contributed by atoms with van der Waals surface area (Å²) in [5.41, 5.74) is 1.05. The topological polar surface area (TPSA) is 20.2 Å². The van der Waals surface area contributed by atoms with E-state index in [4.69, 9.17) is 23.2 Å². The molecular formula is C19H15BrCl2O. The number of hydrogen-bond acceptors (Lipinski definition) is 1. The lowest BCUT2D eigenvalue weighted by Gasteiger charge is -2.35. The molecule has 1 aliphatic rings. The lowest BCUT2D eigenvalue weighted by atomic mass is 9.77. The number of benzene rings is 2. The Kier molecular flexibility index (Phi) is 4.70. The van der Waals surface area contributed by atoms with Crippen LogP contribution in [0, 0.1) is 0 Å². The third-order valence-corrected chi connectivity index (χ3v) is 5.03. The molecule has 3 rings (SSSR count). The molecule has 1 aliphatic carbocycles. The van der Waals surface area contributed by atoms with Gasteiger partial charge in [-0.3, -0.25) is 0 Å². The number of allylic oxidation sites excluding steroid dienone is 3. The molecule has 0 bridgehead atoms. The van der Waals surface area contributed by atoms with E-state index in [0.29, 0.717) is 6.42 Å². The molecule has 0 aliphatic heterocycles. The smallest absolute Gasteiger partial charge is 0.140 e. The van der Waals surface area contributed by atoms with Crippen LogP contribution in [0.15, 0.2) is 82.9 Å². The Morgan fingerprint density at radius 2 is 1.57 bits per heavy atom. The minimum Gasteiger partial charge on any atom is -0.376 e. The Morgan fingerprint density at radius 3 is 2.17 bits per heavy atom. The molecule has 0 radical (unpaired) electrons. The minimum atomic E-state index is -1.28. The Labute approximate surface area is 154 Å². The van der Waals surface area contributed by atoms with Crippen molar-refractivity contribution in [2.75, 3.05) is 0 Å². The van der Waals surface area contributed by atoms with Crippen LogP contribution in [-0.2, 0) is 5.60 Å². The van der Waals surface area contributed by atoms with Crippen LogP contribution in [0.3, 0.4) is 0 Å². The number of hydrogen-bond donors (Lipinski definition) is 1. The molecule has 2 aromatic rings. The second-order valence-electron chi connectivity index (χ2n) is 5.57. The molecule has 0 fully saturated rings. The normalized spacial score (nSPS) is 19.0. The van der Waals surface area contributed by atoms with E-state index in [2.05, 4.69) is 15.9 Å². The Hall–Kier alpha value is -1.06. The summed E-state index contributed by atoms with van der Waals surface area (Å²) in [5.74, 6) is 0. The van der Waals surface area contributed by atoms with Crippen LogP contribution in [0.1, 0.15) is 17.5 Å². The van der Waals surface area contributed by atoms with E-state index in [1.807, 2.05) is 60.7 Å². The minimum absolute atomic E-state index is 0.355. The maximum absolute atomic E-state index is 11.7. The van der Waals surface area contributed by atoms with Gasteiger partial charge in [-0.1, -0.05) is 93.7 Å². The third-order valence-electron chi connectivity index (χ3n) is 3.98. The molecule has 0 aromatic heterocycles. The summed E-state index contributed by atoms with van der Waals surface area (Å²) in [4.78, 5) is 0. The van der Waals surface area contributed by atoms with Crippen LogP contribution in [0.4, 0.5) is 0 Å². The van der Waals surface area contributed by atoms with Crippen molar-refractivity contribution in [2.24, 2.45) is 0 Å². The van der Waals surface area contributed by atoms with E-state index in [0.717, 1.165) is 21.2 Å². The van der Waals surface area contributed by atoms with Gasteiger partial charge in [-0.15, -0.1) is 0 Å². The van der Waals surface area contributed by atoms with Crippen LogP contribution in [0.2, 0.25) is 0 Å². The standard InChI is InChI=1S/C19H15BrCl2O/c20-17-10-8-15(9-11-17)19(23,14-5-2-1-3-6-14)16-7-4-12-18(21,22)13-16/h1-12,23H,13H2. The second-order valence-corrected chi connectivity index (χ2v) is 8.03. The largest absolute Gasteiger partial charge is 0.376 e. The van der Waals surface area contributed by atoms with Crippen LogP contribution in [0.25, 0.3) is 0 Å². The SMILES string of the molecule is OC(C1=CC=CC(Cl)(Cl)C1)(c1ccccc1)c1ccc(Br)cc1. The molecule has 0 spiro atoms. The van der Waals surface area contributed by atoms with Gasteiger partial charge in [-0.2, -0.15) is 0 Å². The summed E-state index contributed by atoms with van der Waals surface area (Å²) in [5, 5.41) is 11.7. The average molecular weight is 410 g/mol. The van der Waals surface area contributed by atoms with Gasteiger partial charge in [0.25, 0.3) is 0 Å². The van der Waals surface area contributed by atoms with Crippen molar-refractivity contribution in [3.05, 3.63) is 94.0 Å². The predicted molar refractivity (Wildman–Crippen MR) is 99.9 cm³/mol. The summed E-state index contributed by atoms with van der Waals surface area (Å²) in [6.45, 7) is 0. The van der Waals surface area contributed by atoms with Crippen molar-refractivity contribution in [3.8, 4) is 0 Å². The highest BCUT2D eigenvalue weighted by Crippen LogP contribution is 2.45. The van der Waals surface area contributed by atoms with Crippen molar-refractivity contribution in [1.82, 2.24) is 0 Å². The maximum Gasteiger partial charge on any atom is 0.140 e. The van der Waals surface area contributed by atoms with E-state index in [-0.39, 0.29) is 0 Å². The highest BCUT2D eigenvalue weighted by molar-refractivity contribution is 9.10. The number of halogens is 3. The predicted octanol–water partition coefficient (Wildman–Crippen LogP) is 5.75. The van der Waals surface area contributed by atoms with Gasteiger partial charge in [0.1, 0.15) is 9.93 Å². The highest BCUT2D eigenvalue weighted by atomic mass is 79.9. The molecule has 1 atom stereocenters. The molecule has 2 aromatic carbocycles. The van der Waals surface area contributed by atoms with Gasteiger partial charge in [-0.25, -0.2) is 0 Å². The number of rotatable bonds is 3. The molecule has 0 saturated carbocycles. The lowest BCUT2D eigenvalue weighted by Crippen LogP contribution is -2.33. The van der Waals surface area contributed by atoms with Gasteiger partial charge < -0.3 is 5.11 Å². The van der Waals surface area contributed by atoms with E-state index in [1.165, 1.54) is 0 Å². The number of aliphatic hydroxyl groups is 1. The zero-order chi connectivity index (χ0) is 16.5. The zero-order valence-corrected chi connectivity index (χ0v) is 15.3. The summed E-state index contributed by atoms with van der Waals surface area (Å²) in [7, 11) is 0. The molecule has 23 heavy (non-hydrogen) atoms. The fraction of sp³-hybridized carbons (Fsp3) is 0.158. The quantitative estimate of drug-likeness (QED) is 0.640. The fourth-order valence-electron chi connectivity index (χ4n) is 2.83. The van der Waals surface area contributed by atoms with Crippen LogP contribution in [-0.4, -0.2) is 9.44 Å². The van der Waals surface area contributed by atoms with Gasteiger partial charge in [0, 0.05) is 10.9 Å². The van der Waals surface area contributed by atoms with Crippen molar-refractivity contribution in [2.45, 2.75) is 16.4 Å². The maximum atomic E-state index is 11.7. The van der Waals surface area contributed by atoms with Gasteiger partial charge in [0.2, 0.25) is 0 Å². The monoisotopic (exact) mass is 408 g/mol. The first-order valence-electron chi connectivity index (χ1n) is 7.22. The zero-order valence-electron chi connectivity index (χ0n) is 12.2. The van der Waals surface area contributed by atoms with Crippen molar-refractivity contribution in [3.63, 3.8) is 0 Å². The average Bonchev–Trinajstić information content (AvgIpc) is 2.54. The lowest BCUT2D eigenvalue weighted by molar-refractivity contribution is 0.116. The van der Waals surface area contributed by atoms with E-state index in [1.54, 1.807) is 12.2 Å². The first-order chi connectivity index (χ1) is 10.9. The second kappa shape index (κ2) is 6.45. The summed E-state index contributed by atoms with van der Waals surface area (Å²) < 4.78 is -0.0550. The fourth-order valence-corrected chi connectivity index (χ4v) is 3.53. The molecule has 118 valence electrons.